The molecule has 1 amide bonds. The van der Waals surface area contributed by atoms with E-state index >= 15 is 0 Å². The van der Waals surface area contributed by atoms with E-state index in [1.165, 1.54) is 6.07 Å². The van der Waals surface area contributed by atoms with Crippen molar-refractivity contribution in [2.75, 3.05) is 6.61 Å². The molecule has 0 spiro atoms. The molecule has 3 aromatic rings. The molecule has 0 bridgehead atoms. The van der Waals surface area contributed by atoms with Gasteiger partial charge in [-0.3, -0.25) is 14.6 Å². The highest BCUT2D eigenvalue weighted by Crippen LogP contribution is 2.19. The van der Waals surface area contributed by atoms with Gasteiger partial charge >= 0.3 is 0 Å². The van der Waals surface area contributed by atoms with Crippen molar-refractivity contribution in [1.29, 1.82) is 0 Å². The lowest BCUT2D eigenvalue weighted by molar-refractivity contribution is -0.122. The second-order valence-electron chi connectivity index (χ2n) is 5.80. The molecule has 0 saturated heterocycles. The molecule has 0 aliphatic carbocycles. The predicted octanol–water partition coefficient (Wildman–Crippen LogP) is 2.02. The van der Waals surface area contributed by atoms with Crippen LogP contribution in [0.2, 0.25) is 0 Å². The number of nitrogens with zero attached hydrogens (tertiary/aromatic N) is 3. The summed E-state index contributed by atoms with van der Waals surface area (Å²) in [5.74, 6) is 0.482. The zero-order valence-corrected chi connectivity index (χ0v) is 15.0. The molecule has 0 saturated carbocycles. The van der Waals surface area contributed by atoms with E-state index in [0.29, 0.717) is 18.8 Å². The highest BCUT2D eigenvalue weighted by molar-refractivity contribution is 5.75. The molecular weight excluding hydrogens is 344 g/mol. The lowest BCUT2D eigenvalue weighted by Gasteiger charge is -2.09. The van der Waals surface area contributed by atoms with E-state index in [0.717, 1.165) is 21.6 Å². The summed E-state index contributed by atoms with van der Waals surface area (Å²) in [5, 5.41) is 7.08. The topological polar surface area (TPSA) is 86.1 Å². The van der Waals surface area contributed by atoms with Crippen molar-refractivity contribution < 1.29 is 9.53 Å². The summed E-state index contributed by atoms with van der Waals surface area (Å²) < 4.78 is 6.58. The molecule has 1 aromatic carbocycles. The number of hydrogen-bond acceptors (Lipinski definition) is 5. The van der Waals surface area contributed by atoms with Crippen LogP contribution in [0.3, 0.4) is 0 Å². The second-order valence-corrected chi connectivity index (χ2v) is 5.80. The molecule has 0 aliphatic rings. The van der Waals surface area contributed by atoms with Gasteiger partial charge in [0, 0.05) is 30.6 Å². The standard InChI is InChI=1S/C20H20N4O3/c1-2-27-17-5-3-16(4-6-17)18-7-8-20(26)24(23-18)14-19(25)22-13-15-9-11-21-12-10-15/h3-12H,2,13-14H2,1H3,(H,22,25). The van der Waals surface area contributed by atoms with Gasteiger partial charge < -0.3 is 10.1 Å². The normalized spacial score (nSPS) is 10.4. The molecule has 0 radical (unpaired) electrons. The van der Waals surface area contributed by atoms with E-state index < -0.39 is 0 Å². The van der Waals surface area contributed by atoms with Crippen molar-refractivity contribution in [3.05, 3.63) is 76.8 Å². The molecule has 138 valence electrons. The average molecular weight is 364 g/mol. The van der Waals surface area contributed by atoms with Crippen molar-refractivity contribution in [1.82, 2.24) is 20.1 Å². The van der Waals surface area contributed by atoms with Crippen LogP contribution < -0.4 is 15.6 Å². The van der Waals surface area contributed by atoms with Gasteiger partial charge in [-0.1, -0.05) is 0 Å². The van der Waals surface area contributed by atoms with E-state index in [4.69, 9.17) is 4.74 Å². The fraction of sp³-hybridized carbons (Fsp3) is 0.200. The van der Waals surface area contributed by atoms with E-state index in [2.05, 4.69) is 15.4 Å². The Hall–Kier alpha value is -3.48. The molecule has 7 nitrogen and oxygen atoms in total. The third-order valence-corrected chi connectivity index (χ3v) is 3.86. The molecule has 2 aromatic heterocycles. The van der Waals surface area contributed by atoms with Gasteiger partial charge in [-0.15, -0.1) is 0 Å². The van der Waals surface area contributed by atoms with Crippen LogP contribution in [-0.4, -0.2) is 27.3 Å². The first-order valence-electron chi connectivity index (χ1n) is 8.62. The molecule has 0 unspecified atom stereocenters. The number of nitrogens with one attached hydrogen (secondary N) is 1. The second kappa shape index (κ2) is 8.75. The van der Waals surface area contributed by atoms with Crippen LogP contribution in [0.15, 0.2) is 65.7 Å². The van der Waals surface area contributed by atoms with Crippen molar-refractivity contribution >= 4 is 5.91 Å². The third-order valence-electron chi connectivity index (χ3n) is 3.86. The van der Waals surface area contributed by atoms with Gasteiger partial charge in [0.15, 0.2) is 0 Å². The molecule has 0 atom stereocenters. The van der Waals surface area contributed by atoms with Gasteiger partial charge in [-0.25, -0.2) is 4.68 Å². The Labute approximate surface area is 156 Å². The molecule has 2 heterocycles. The highest BCUT2D eigenvalue weighted by atomic mass is 16.5. The maximum absolute atomic E-state index is 12.2. The lowest BCUT2D eigenvalue weighted by atomic mass is 10.1. The quantitative estimate of drug-likeness (QED) is 0.693. The maximum Gasteiger partial charge on any atom is 0.267 e. The number of ether oxygens (including phenoxy) is 1. The van der Waals surface area contributed by atoms with Gasteiger partial charge in [-0.2, -0.15) is 5.10 Å². The molecule has 7 heteroatoms. The minimum absolute atomic E-state index is 0.144. The van der Waals surface area contributed by atoms with Crippen LogP contribution >= 0.6 is 0 Å². The smallest absolute Gasteiger partial charge is 0.267 e. The van der Waals surface area contributed by atoms with Crippen LogP contribution in [0.4, 0.5) is 0 Å². The largest absolute Gasteiger partial charge is 0.494 e. The summed E-state index contributed by atoms with van der Waals surface area (Å²) >= 11 is 0. The Bertz CT molecular complexity index is 953. The van der Waals surface area contributed by atoms with Gasteiger partial charge in [0.2, 0.25) is 5.91 Å². The Morgan fingerprint density at radius 3 is 2.52 bits per heavy atom. The number of carbonyl (C=O) groups is 1. The van der Waals surface area contributed by atoms with Crippen LogP contribution in [0.5, 0.6) is 5.75 Å². The summed E-state index contributed by atoms with van der Waals surface area (Å²) in [6, 6.07) is 14.1. The fourth-order valence-electron chi connectivity index (χ4n) is 2.50. The van der Waals surface area contributed by atoms with Crippen LogP contribution in [0.1, 0.15) is 12.5 Å². The number of rotatable bonds is 7. The number of amides is 1. The minimum atomic E-state index is -0.330. The van der Waals surface area contributed by atoms with Gasteiger partial charge in [0.05, 0.1) is 12.3 Å². The molecule has 3 rings (SSSR count). The monoisotopic (exact) mass is 364 g/mol. The zero-order chi connectivity index (χ0) is 19.1. The predicted molar refractivity (Wildman–Crippen MR) is 101 cm³/mol. The lowest BCUT2D eigenvalue weighted by Crippen LogP contribution is -2.33. The van der Waals surface area contributed by atoms with Crippen molar-refractivity contribution in [3.63, 3.8) is 0 Å². The number of pyridine rings is 1. The number of aromatic nitrogens is 3. The van der Waals surface area contributed by atoms with Crippen molar-refractivity contribution in [3.8, 4) is 17.0 Å². The van der Waals surface area contributed by atoms with Gasteiger partial charge in [0.25, 0.3) is 5.56 Å². The molecule has 0 fully saturated rings. The molecule has 1 N–H and O–H groups in total. The number of benzene rings is 1. The van der Waals surface area contributed by atoms with Crippen LogP contribution in [0, 0.1) is 0 Å². The van der Waals surface area contributed by atoms with Crippen molar-refractivity contribution in [2.45, 2.75) is 20.0 Å². The Kier molecular flexibility index (Phi) is 5.94. The first kappa shape index (κ1) is 18.3. The highest BCUT2D eigenvalue weighted by Gasteiger charge is 2.08. The SMILES string of the molecule is CCOc1ccc(-c2ccc(=O)n(CC(=O)NCc3ccncc3)n2)cc1. The number of carbonyl (C=O) groups excluding carboxylic acids is 1. The van der Waals surface area contributed by atoms with E-state index in [-0.39, 0.29) is 18.0 Å². The van der Waals surface area contributed by atoms with E-state index in [1.807, 2.05) is 43.3 Å². The summed E-state index contributed by atoms with van der Waals surface area (Å²) in [6.07, 6.45) is 3.32. The van der Waals surface area contributed by atoms with Gasteiger partial charge in [0.1, 0.15) is 12.3 Å². The summed E-state index contributed by atoms with van der Waals surface area (Å²) in [7, 11) is 0. The van der Waals surface area contributed by atoms with E-state index in [1.54, 1.807) is 18.5 Å². The summed E-state index contributed by atoms with van der Waals surface area (Å²) in [5.41, 5.74) is 2.05. The van der Waals surface area contributed by atoms with Crippen LogP contribution in [-0.2, 0) is 17.9 Å². The Balaban J connectivity index is 1.69. The van der Waals surface area contributed by atoms with Crippen molar-refractivity contribution in [2.24, 2.45) is 0 Å². The Morgan fingerprint density at radius 2 is 1.81 bits per heavy atom. The molecule has 27 heavy (non-hydrogen) atoms. The summed E-state index contributed by atoms with van der Waals surface area (Å²) in [6.45, 7) is 2.74. The fourth-order valence-corrected chi connectivity index (χ4v) is 2.50. The summed E-state index contributed by atoms with van der Waals surface area (Å²) in [4.78, 5) is 28.1. The maximum atomic E-state index is 12.2. The number of hydrogen-bond donors (Lipinski definition) is 1. The third kappa shape index (κ3) is 5.01. The van der Waals surface area contributed by atoms with Crippen LogP contribution in [0.25, 0.3) is 11.3 Å². The molecule has 0 aliphatic heterocycles. The van der Waals surface area contributed by atoms with Gasteiger partial charge in [-0.05, 0) is 55.0 Å². The average Bonchev–Trinajstić information content (AvgIpc) is 2.70. The van der Waals surface area contributed by atoms with E-state index in [9.17, 15) is 9.59 Å². The first-order chi connectivity index (χ1) is 13.2. The molecular formula is C20H20N4O3. The Morgan fingerprint density at radius 1 is 1.07 bits per heavy atom. The first-order valence-corrected chi connectivity index (χ1v) is 8.62. The minimum Gasteiger partial charge on any atom is -0.494 e. The zero-order valence-electron chi connectivity index (χ0n) is 15.0.